The third-order valence-corrected chi connectivity index (χ3v) is 2.15. The molecule has 0 saturated carbocycles. The Morgan fingerprint density at radius 1 is 1.40 bits per heavy atom. The molecule has 0 atom stereocenters. The normalized spacial score (nSPS) is 10.8. The predicted octanol–water partition coefficient (Wildman–Crippen LogP) is 2.10. The third kappa shape index (κ3) is 1.89. The van der Waals surface area contributed by atoms with Crippen molar-refractivity contribution >= 4 is 16.6 Å². The summed E-state index contributed by atoms with van der Waals surface area (Å²) in [5.74, 6) is -0.310. The molecule has 0 amide bonds. The molecule has 1 aromatic carbocycles. The van der Waals surface area contributed by atoms with E-state index in [0.29, 0.717) is 23.2 Å². The summed E-state index contributed by atoms with van der Waals surface area (Å²) in [7, 11) is 1.59. The first-order chi connectivity index (χ1) is 7.20. The van der Waals surface area contributed by atoms with E-state index in [1.165, 1.54) is 12.1 Å². The number of benzene rings is 1. The van der Waals surface area contributed by atoms with Gasteiger partial charge in [0.25, 0.3) is 0 Å². The van der Waals surface area contributed by atoms with Crippen LogP contribution in [0.5, 0.6) is 0 Å². The van der Waals surface area contributed by atoms with Crippen LogP contribution in [-0.4, -0.2) is 12.1 Å². The molecule has 0 saturated heterocycles. The van der Waals surface area contributed by atoms with Gasteiger partial charge in [-0.2, -0.15) is 0 Å². The molecule has 0 spiro atoms. The van der Waals surface area contributed by atoms with Gasteiger partial charge in [0.05, 0.1) is 17.8 Å². The van der Waals surface area contributed by atoms with E-state index < -0.39 is 0 Å². The summed E-state index contributed by atoms with van der Waals surface area (Å²) in [6.45, 7) is 0.400. The van der Waals surface area contributed by atoms with Gasteiger partial charge in [-0.05, 0) is 24.3 Å². The highest BCUT2D eigenvalue weighted by molar-refractivity contribution is 5.90. The highest BCUT2D eigenvalue weighted by atomic mass is 19.1. The lowest BCUT2D eigenvalue weighted by Crippen LogP contribution is -1.97. The number of nitrogens with two attached hydrogens (primary N) is 1. The third-order valence-electron chi connectivity index (χ3n) is 2.15. The lowest BCUT2D eigenvalue weighted by atomic mass is 10.1. The molecule has 2 aromatic rings. The van der Waals surface area contributed by atoms with Gasteiger partial charge < -0.3 is 10.5 Å². The van der Waals surface area contributed by atoms with Crippen molar-refractivity contribution in [2.24, 2.45) is 0 Å². The monoisotopic (exact) mass is 206 g/mol. The molecular formula is C11H11FN2O. The molecular weight excluding hydrogens is 195 g/mol. The van der Waals surface area contributed by atoms with Gasteiger partial charge >= 0.3 is 0 Å². The second-order valence-electron chi connectivity index (χ2n) is 3.30. The molecule has 15 heavy (non-hydrogen) atoms. The standard InChI is InChI=1S/C11H11FN2O/c1-15-6-8-5-10(13)9-4-7(12)2-3-11(9)14-8/h2-5H,6H2,1H3,(H2,13,14). The zero-order chi connectivity index (χ0) is 10.8. The van der Waals surface area contributed by atoms with Crippen LogP contribution in [0.1, 0.15) is 5.69 Å². The Bertz CT molecular complexity index is 499. The minimum absolute atomic E-state index is 0.310. The highest BCUT2D eigenvalue weighted by Crippen LogP contribution is 2.21. The molecule has 2 rings (SSSR count). The SMILES string of the molecule is COCc1cc(N)c2cc(F)ccc2n1. The maximum atomic E-state index is 13.0. The average Bonchev–Trinajstić information content (AvgIpc) is 2.20. The van der Waals surface area contributed by atoms with Crippen molar-refractivity contribution in [2.75, 3.05) is 12.8 Å². The fourth-order valence-corrected chi connectivity index (χ4v) is 1.50. The first kappa shape index (κ1) is 9.86. The summed E-state index contributed by atoms with van der Waals surface area (Å²) in [5, 5.41) is 0.634. The molecule has 1 aromatic heterocycles. The Kier molecular flexibility index (Phi) is 2.51. The summed E-state index contributed by atoms with van der Waals surface area (Å²) in [5.41, 5.74) is 7.74. The van der Waals surface area contributed by atoms with Crippen LogP contribution in [0.3, 0.4) is 0 Å². The van der Waals surface area contributed by atoms with E-state index in [1.54, 1.807) is 19.2 Å². The molecule has 0 aliphatic rings. The molecule has 0 aliphatic carbocycles. The summed E-state index contributed by atoms with van der Waals surface area (Å²) in [6, 6.07) is 6.06. The van der Waals surface area contributed by atoms with E-state index in [0.717, 1.165) is 5.69 Å². The Balaban J connectivity index is 2.62. The van der Waals surface area contributed by atoms with Gasteiger partial charge in [0.1, 0.15) is 5.82 Å². The highest BCUT2D eigenvalue weighted by Gasteiger charge is 2.04. The lowest BCUT2D eigenvalue weighted by molar-refractivity contribution is 0.182. The number of hydrogen-bond acceptors (Lipinski definition) is 3. The molecule has 0 fully saturated rings. The number of nitrogens with zero attached hydrogens (tertiary/aromatic N) is 1. The first-order valence-corrected chi connectivity index (χ1v) is 4.54. The van der Waals surface area contributed by atoms with Crippen LogP contribution >= 0.6 is 0 Å². The van der Waals surface area contributed by atoms with Gasteiger partial charge in [0, 0.05) is 18.2 Å². The van der Waals surface area contributed by atoms with Gasteiger partial charge in [-0.15, -0.1) is 0 Å². The van der Waals surface area contributed by atoms with Crippen molar-refractivity contribution in [1.82, 2.24) is 4.98 Å². The topological polar surface area (TPSA) is 48.1 Å². The lowest BCUT2D eigenvalue weighted by Gasteiger charge is -2.05. The van der Waals surface area contributed by atoms with Crippen LogP contribution < -0.4 is 5.73 Å². The fourth-order valence-electron chi connectivity index (χ4n) is 1.50. The smallest absolute Gasteiger partial charge is 0.124 e. The van der Waals surface area contributed by atoms with E-state index in [9.17, 15) is 4.39 Å². The molecule has 0 aliphatic heterocycles. The number of aromatic nitrogens is 1. The van der Waals surface area contributed by atoms with E-state index in [1.807, 2.05) is 0 Å². The van der Waals surface area contributed by atoms with Gasteiger partial charge in [-0.3, -0.25) is 4.98 Å². The molecule has 0 bridgehead atoms. The number of pyridine rings is 1. The molecule has 1 heterocycles. The minimum Gasteiger partial charge on any atom is -0.398 e. The van der Waals surface area contributed by atoms with Gasteiger partial charge in [-0.25, -0.2) is 4.39 Å². The van der Waals surface area contributed by atoms with E-state index in [4.69, 9.17) is 10.5 Å². The van der Waals surface area contributed by atoms with E-state index in [2.05, 4.69) is 4.98 Å². The Labute approximate surface area is 86.7 Å². The molecule has 0 unspecified atom stereocenters. The Hall–Kier alpha value is -1.68. The van der Waals surface area contributed by atoms with Crippen LogP contribution in [0.15, 0.2) is 24.3 Å². The quantitative estimate of drug-likeness (QED) is 0.818. The summed E-state index contributed by atoms with van der Waals surface area (Å²) in [4.78, 5) is 4.30. The van der Waals surface area contributed by atoms with Gasteiger partial charge in [-0.1, -0.05) is 0 Å². The number of methoxy groups -OCH3 is 1. The molecule has 78 valence electrons. The summed E-state index contributed by atoms with van der Waals surface area (Å²) >= 11 is 0. The second-order valence-corrected chi connectivity index (χ2v) is 3.30. The number of halogens is 1. The van der Waals surface area contributed by atoms with E-state index in [-0.39, 0.29) is 5.82 Å². The summed E-state index contributed by atoms with van der Waals surface area (Å²) in [6.07, 6.45) is 0. The van der Waals surface area contributed by atoms with Gasteiger partial charge in [0.2, 0.25) is 0 Å². The first-order valence-electron chi connectivity index (χ1n) is 4.54. The van der Waals surface area contributed by atoms with Crippen molar-refractivity contribution in [3.8, 4) is 0 Å². The minimum atomic E-state index is -0.310. The fraction of sp³-hybridized carbons (Fsp3) is 0.182. The molecule has 3 nitrogen and oxygen atoms in total. The van der Waals surface area contributed by atoms with Crippen molar-refractivity contribution in [2.45, 2.75) is 6.61 Å². The molecule has 4 heteroatoms. The zero-order valence-electron chi connectivity index (χ0n) is 8.33. The molecule has 0 radical (unpaired) electrons. The van der Waals surface area contributed by atoms with Crippen molar-refractivity contribution in [3.05, 3.63) is 35.8 Å². The van der Waals surface area contributed by atoms with Crippen LogP contribution in [0, 0.1) is 5.82 Å². The van der Waals surface area contributed by atoms with Crippen LogP contribution in [0.4, 0.5) is 10.1 Å². The van der Waals surface area contributed by atoms with Crippen molar-refractivity contribution < 1.29 is 9.13 Å². The van der Waals surface area contributed by atoms with Crippen LogP contribution in [-0.2, 0) is 11.3 Å². The van der Waals surface area contributed by atoms with E-state index >= 15 is 0 Å². The van der Waals surface area contributed by atoms with Crippen LogP contribution in [0.25, 0.3) is 10.9 Å². The van der Waals surface area contributed by atoms with Crippen LogP contribution in [0.2, 0.25) is 0 Å². The van der Waals surface area contributed by atoms with Gasteiger partial charge in [0.15, 0.2) is 0 Å². The number of rotatable bonds is 2. The predicted molar refractivity (Wildman–Crippen MR) is 56.8 cm³/mol. The Morgan fingerprint density at radius 3 is 2.93 bits per heavy atom. The number of nitrogen functional groups attached to an aromatic ring is 1. The summed E-state index contributed by atoms with van der Waals surface area (Å²) < 4.78 is 17.9. The second kappa shape index (κ2) is 3.82. The molecule has 2 N–H and O–H groups in total. The number of fused-ring (bicyclic) bond motifs is 1. The number of hydrogen-bond donors (Lipinski definition) is 1. The van der Waals surface area contributed by atoms with Crippen molar-refractivity contribution in [1.29, 1.82) is 0 Å². The largest absolute Gasteiger partial charge is 0.398 e. The number of anilines is 1. The Morgan fingerprint density at radius 2 is 2.20 bits per heavy atom. The number of ether oxygens (including phenoxy) is 1. The van der Waals surface area contributed by atoms with Crippen molar-refractivity contribution in [3.63, 3.8) is 0 Å². The maximum absolute atomic E-state index is 13.0. The maximum Gasteiger partial charge on any atom is 0.124 e. The average molecular weight is 206 g/mol. The zero-order valence-corrected chi connectivity index (χ0v) is 8.33.